The molecule has 2 heteroatoms. The Hall–Kier alpha value is -0.866. The third kappa shape index (κ3) is 2.45. The summed E-state index contributed by atoms with van der Waals surface area (Å²) in [5.41, 5.74) is 0. The first-order valence-corrected chi connectivity index (χ1v) is 13.7. The van der Waals surface area contributed by atoms with E-state index in [9.17, 15) is 0 Å². The Labute approximate surface area is 113 Å². The molecule has 0 unspecified atom stereocenters. The lowest BCUT2D eigenvalue weighted by molar-refractivity contribution is 1.69. The monoisotopic (exact) mass is 272 g/mol. The molecule has 0 amide bonds. The van der Waals surface area contributed by atoms with Gasteiger partial charge in [-0.1, -0.05) is 86.1 Å². The summed E-state index contributed by atoms with van der Waals surface area (Å²) < 4.78 is 0. The maximum Gasteiger partial charge on any atom is 0.0784 e. The molecule has 0 spiro atoms. The van der Waals surface area contributed by atoms with Crippen LogP contribution in [0, 0.1) is 0 Å². The summed E-state index contributed by atoms with van der Waals surface area (Å²) in [6.07, 6.45) is 0. The van der Waals surface area contributed by atoms with Crippen molar-refractivity contribution in [3.05, 3.63) is 36.4 Å². The van der Waals surface area contributed by atoms with Crippen LogP contribution < -0.4 is 10.4 Å². The van der Waals surface area contributed by atoms with Gasteiger partial charge in [-0.05, 0) is 10.8 Å². The van der Waals surface area contributed by atoms with E-state index in [1.807, 2.05) is 0 Å². The van der Waals surface area contributed by atoms with Crippen molar-refractivity contribution in [2.45, 2.75) is 39.3 Å². The second kappa shape index (κ2) is 4.35. The van der Waals surface area contributed by atoms with E-state index in [0.29, 0.717) is 0 Å². The van der Waals surface area contributed by atoms with E-state index in [0.717, 1.165) is 0 Å². The molecular weight excluding hydrogens is 248 g/mol. The van der Waals surface area contributed by atoms with Crippen molar-refractivity contribution in [3.63, 3.8) is 0 Å². The second-order valence-electron chi connectivity index (χ2n) is 7.21. The van der Waals surface area contributed by atoms with Crippen LogP contribution in [0.15, 0.2) is 36.4 Å². The Morgan fingerprint density at radius 3 is 1.33 bits per heavy atom. The van der Waals surface area contributed by atoms with Crippen molar-refractivity contribution in [1.29, 1.82) is 0 Å². The minimum absolute atomic E-state index is 1.29. The lowest BCUT2D eigenvalue weighted by Gasteiger charge is -2.25. The lowest BCUT2D eigenvalue weighted by atomic mass is 10.1. The van der Waals surface area contributed by atoms with Crippen LogP contribution in [0.3, 0.4) is 0 Å². The fraction of sp³-hybridized carbons (Fsp3) is 0.375. The van der Waals surface area contributed by atoms with Gasteiger partial charge in [-0.25, -0.2) is 0 Å². The van der Waals surface area contributed by atoms with Gasteiger partial charge < -0.3 is 0 Å². The molecule has 0 aromatic heterocycles. The molecule has 0 heterocycles. The van der Waals surface area contributed by atoms with Crippen molar-refractivity contribution in [2.75, 3.05) is 0 Å². The Balaban J connectivity index is 2.90. The largest absolute Gasteiger partial charge is 0.0784 e. The summed E-state index contributed by atoms with van der Waals surface area (Å²) in [6.45, 7) is 14.7. The zero-order chi connectivity index (χ0) is 13.6. The number of hydrogen-bond acceptors (Lipinski definition) is 0. The Bertz CT molecular complexity index is 523. The molecule has 0 fully saturated rings. The van der Waals surface area contributed by atoms with Crippen LogP contribution in [0.1, 0.15) is 0 Å². The van der Waals surface area contributed by atoms with Crippen molar-refractivity contribution in [1.82, 2.24) is 0 Å². The molecule has 0 radical (unpaired) electrons. The van der Waals surface area contributed by atoms with Gasteiger partial charge >= 0.3 is 0 Å². The van der Waals surface area contributed by atoms with E-state index in [2.05, 4.69) is 75.7 Å². The predicted octanol–water partition coefficient (Wildman–Crippen LogP) is 3.93. The lowest BCUT2D eigenvalue weighted by Crippen LogP contribution is -2.45. The summed E-state index contributed by atoms with van der Waals surface area (Å²) >= 11 is 0. The Kier molecular flexibility index (Phi) is 3.28. The topological polar surface area (TPSA) is 0 Å². The molecule has 2 aromatic rings. The van der Waals surface area contributed by atoms with Gasteiger partial charge in [0, 0.05) is 0 Å². The quantitative estimate of drug-likeness (QED) is 0.727. The van der Waals surface area contributed by atoms with Crippen LogP contribution in [0.4, 0.5) is 0 Å². The minimum Gasteiger partial charge on any atom is -0.0656 e. The number of fused-ring (bicyclic) bond motifs is 1. The summed E-state index contributed by atoms with van der Waals surface area (Å²) in [7, 11) is -2.57. The molecule has 0 aliphatic heterocycles. The van der Waals surface area contributed by atoms with Crippen LogP contribution in [-0.4, -0.2) is 16.1 Å². The molecular formula is C16H24Si2. The van der Waals surface area contributed by atoms with E-state index in [4.69, 9.17) is 0 Å². The van der Waals surface area contributed by atoms with Crippen LogP contribution in [-0.2, 0) is 0 Å². The first kappa shape index (κ1) is 13.6. The highest BCUT2D eigenvalue weighted by molar-refractivity contribution is 6.94. The number of rotatable bonds is 2. The maximum atomic E-state index is 2.45. The van der Waals surface area contributed by atoms with E-state index in [1.54, 1.807) is 15.8 Å². The normalized spacial score (nSPS) is 13.0. The van der Waals surface area contributed by atoms with Gasteiger partial charge in [0.2, 0.25) is 0 Å². The minimum atomic E-state index is -1.29. The van der Waals surface area contributed by atoms with E-state index >= 15 is 0 Å². The van der Waals surface area contributed by atoms with Gasteiger partial charge in [-0.3, -0.25) is 0 Å². The van der Waals surface area contributed by atoms with Crippen LogP contribution in [0.5, 0.6) is 0 Å². The SMILES string of the molecule is C[Si](C)(C)c1cccc2cccc([Si](C)(C)C)c12. The summed E-state index contributed by atoms with van der Waals surface area (Å²) in [6, 6.07) is 13.7. The highest BCUT2D eigenvalue weighted by Gasteiger charge is 2.25. The Morgan fingerprint density at radius 2 is 1.00 bits per heavy atom. The van der Waals surface area contributed by atoms with E-state index < -0.39 is 16.1 Å². The second-order valence-corrected chi connectivity index (χ2v) is 17.3. The maximum absolute atomic E-state index is 2.45. The van der Waals surface area contributed by atoms with Gasteiger partial charge in [0.25, 0.3) is 0 Å². The molecule has 0 aliphatic rings. The molecule has 96 valence electrons. The van der Waals surface area contributed by atoms with Gasteiger partial charge in [-0.2, -0.15) is 0 Å². The zero-order valence-electron chi connectivity index (χ0n) is 12.5. The zero-order valence-corrected chi connectivity index (χ0v) is 14.5. The first-order valence-electron chi connectivity index (χ1n) is 6.74. The molecule has 0 saturated heterocycles. The van der Waals surface area contributed by atoms with Gasteiger partial charge in [-0.15, -0.1) is 0 Å². The predicted molar refractivity (Wildman–Crippen MR) is 89.9 cm³/mol. The molecule has 0 nitrogen and oxygen atoms in total. The van der Waals surface area contributed by atoms with Gasteiger partial charge in [0.05, 0.1) is 16.1 Å². The highest BCUT2D eigenvalue weighted by Crippen LogP contribution is 2.17. The number of benzene rings is 2. The summed E-state index contributed by atoms with van der Waals surface area (Å²) in [5.74, 6) is 0. The smallest absolute Gasteiger partial charge is 0.0656 e. The molecule has 0 atom stereocenters. The van der Waals surface area contributed by atoms with Crippen molar-refractivity contribution < 1.29 is 0 Å². The summed E-state index contributed by atoms with van der Waals surface area (Å²) in [4.78, 5) is 0. The number of hydrogen-bond donors (Lipinski definition) is 0. The molecule has 0 saturated carbocycles. The van der Waals surface area contributed by atoms with E-state index in [-0.39, 0.29) is 0 Å². The van der Waals surface area contributed by atoms with Crippen molar-refractivity contribution in [3.8, 4) is 0 Å². The van der Waals surface area contributed by atoms with Crippen LogP contribution in [0.2, 0.25) is 39.3 Å². The van der Waals surface area contributed by atoms with Crippen LogP contribution in [0.25, 0.3) is 10.8 Å². The van der Waals surface area contributed by atoms with Crippen LogP contribution >= 0.6 is 0 Å². The molecule has 2 aromatic carbocycles. The van der Waals surface area contributed by atoms with Crippen molar-refractivity contribution in [2.24, 2.45) is 0 Å². The standard InChI is InChI=1S/C16H24Si2/c1-17(2,3)14-11-7-9-13-10-8-12-15(16(13)14)18(4,5)6/h7-12H,1-6H3. The average molecular weight is 273 g/mol. The highest BCUT2D eigenvalue weighted by atomic mass is 28.3. The molecule has 0 aliphatic carbocycles. The molecule has 2 rings (SSSR count). The van der Waals surface area contributed by atoms with Crippen molar-refractivity contribution >= 4 is 37.3 Å². The van der Waals surface area contributed by atoms with Gasteiger partial charge in [0.15, 0.2) is 0 Å². The molecule has 0 bridgehead atoms. The molecule has 18 heavy (non-hydrogen) atoms. The fourth-order valence-corrected chi connectivity index (χ4v) is 5.97. The fourth-order valence-electron chi connectivity index (χ4n) is 2.59. The third-order valence-corrected chi connectivity index (χ3v) is 7.59. The van der Waals surface area contributed by atoms with Gasteiger partial charge in [0.1, 0.15) is 0 Å². The van der Waals surface area contributed by atoms with E-state index in [1.165, 1.54) is 5.39 Å². The first-order chi connectivity index (χ1) is 8.21. The third-order valence-electron chi connectivity index (χ3n) is 3.52. The average Bonchev–Trinajstić information content (AvgIpc) is 2.24. The summed E-state index contributed by atoms with van der Waals surface area (Å²) in [5, 5.41) is 6.24. The Morgan fingerprint density at radius 1 is 0.611 bits per heavy atom. The molecule has 0 N–H and O–H groups in total.